The van der Waals surface area contributed by atoms with Gasteiger partial charge >= 0.3 is 0 Å². The molecule has 0 fully saturated rings. The van der Waals surface area contributed by atoms with Crippen LogP contribution in [0.15, 0.2) is 24.3 Å². The van der Waals surface area contributed by atoms with E-state index in [9.17, 15) is 0 Å². The summed E-state index contributed by atoms with van der Waals surface area (Å²) in [5.41, 5.74) is 0. The van der Waals surface area contributed by atoms with Crippen LogP contribution in [0.2, 0.25) is 0 Å². The summed E-state index contributed by atoms with van der Waals surface area (Å²) >= 11 is 0. The van der Waals surface area contributed by atoms with Crippen molar-refractivity contribution >= 4 is 0 Å². The van der Waals surface area contributed by atoms with Gasteiger partial charge in [0.1, 0.15) is 0 Å². The van der Waals surface area contributed by atoms with Crippen LogP contribution in [0.3, 0.4) is 0 Å². The second-order valence-electron chi connectivity index (χ2n) is 2.22. The van der Waals surface area contributed by atoms with Gasteiger partial charge < -0.3 is 4.90 Å². The van der Waals surface area contributed by atoms with Crippen molar-refractivity contribution in [2.75, 3.05) is 20.6 Å². The molecule has 0 saturated carbocycles. The van der Waals surface area contributed by atoms with E-state index in [2.05, 4.69) is 31.1 Å². The van der Waals surface area contributed by atoms with Crippen LogP contribution in [0.4, 0.5) is 0 Å². The molecule has 0 aliphatic carbocycles. The second-order valence-corrected chi connectivity index (χ2v) is 2.22. The molecule has 0 unspecified atom stereocenters. The van der Waals surface area contributed by atoms with E-state index in [1.54, 1.807) is 0 Å². The number of likely N-dealkylation sites (N-methyl/N-ethyl adjacent to an activating group) is 1. The minimum atomic E-state index is 1.02. The zero-order valence-electron chi connectivity index (χ0n) is 6.46. The maximum atomic E-state index is 2.12. The van der Waals surface area contributed by atoms with Crippen LogP contribution in [0.25, 0.3) is 0 Å². The predicted molar refractivity (Wildman–Crippen MR) is 42.5 cm³/mol. The first-order valence-electron chi connectivity index (χ1n) is 3.20. The molecule has 0 bridgehead atoms. The van der Waals surface area contributed by atoms with Crippen LogP contribution in [0, 0.1) is 0 Å². The fourth-order valence-corrected chi connectivity index (χ4v) is 0.461. The number of allylic oxidation sites excluding steroid dienone is 3. The van der Waals surface area contributed by atoms with Gasteiger partial charge in [-0.15, -0.1) is 0 Å². The highest BCUT2D eigenvalue weighted by molar-refractivity contribution is 5.01. The van der Waals surface area contributed by atoms with Crippen molar-refractivity contribution in [1.82, 2.24) is 4.90 Å². The summed E-state index contributed by atoms with van der Waals surface area (Å²) in [6.45, 7) is 3.03. The number of hydrogen-bond donors (Lipinski definition) is 0. The van der Waals surface area contributed by atoms with Crippen LogP contribution in [0.5, 0.6) is 0 Å². The molecule has 1 heteroatoms. The zero-order chi connectivity index (χ0) is 7.11. The van der Waals surface area contributed by atoms with Gasteiger partial charge in [-0.25, -0.2) is 0 Å². The lowest BCUT2D eigenvalue weighted by atomic mass is 10.4. The van der Waals surface area contributed by atoms with Crippen LogP contribution in [-0.2, 0) is 0 Å². The molecule has 0 N–H and O–H groups in total. The Morgan fingerprint density at radius 2 is 1.89 bits per heavy atom. The highest BCUT2D eigenvalue weighted by Crippen LogP contribution is 1.78. The highest BCUT2D eigenvalue weighted by atomic mass is 15.0. The molecule has 0 aliphatic rings. The van der Waals surface area contributed by atoms with Gasteiger partial charge in [-0.3, -0.25) is 0 Å². The molecule has 1 nitrogen and oxygen atoms in total. The maximum absolute atomic E-state index is 2.12. The van der Waals surface area contributed by atoms with E-state index in [0.717, 1.165) is 6.54 Å². The molecule has 52 valence electrons. The molecular weight excluding hydrogens is 110 g/mol. The number of rotatable bonds is 3. The predicted octanol–water partition coefficient (Wildman–Crippen LogP) is 1.68. The van der Waals surface area contributed by atoms with Gasteiger partial charge in [0, 0.05) is 6.54 Å². The summed E-state index contributed by atoms with van der Waals surface area (Å²) in [5, 5.41) is 0. The topological polar surface area (TPSA) is 3.24 Å². The van der Waals surface area contributed by atoms with Gasteiger partial charge in [0.25, 0.3) is 0 Å². The molecule has 0 atom stereocenters. The molecule has 0 spiro atoms. The minimum Gasteiger partial charge on any atom is -0.306 e. The molecular formula is C8H15N. The Labute approximate surface area is 57.7 Å². The number of nitrogens with zero attached hydrogens (tertiary/aromatic N) is 1. The first-order valence-corrected chi connectivity index (χ1v) is 3.20. The van der Waals surface area contributed by atoms with Gasteiger partial charge in [0.2, 0.25) is 0 Å². The standard InChI is InChI=1S/C8H15N/c1-4-5-6-7-8-9(2)3/h4-7H,8H2,1-3H3/b5-4+,7-6+. The SMILES string of the molecule is C/C=C/C=C/CN(C)C. The molecule has 0 heterocycles. The van der Waals surface area contributed by atoms with Crippen molar-refractivity contribution < 1.29 is 0 Å². The molecule has 0 radical (unpaired) electrons. The minimum absolute atomic E-state index is 1.02. The Balaban J connectivity index is 3.25. The van der Waals surface area contributed by atoms with Crippen molar-refractivity contribution in [3.63, 3.8) is 0 Å². The lowest BCUT2D eigenvalue weighted by Crippen LogP contribution is -2.10. The third-order valence-electron chi connectivity index (χ3n) is 0.910. The average Bonchev–Trinajstić information content (AvgIpc) is 1.80. The van der Waals surface area contributed by atoms with E-state index in [0.29, 0.717) is 0 Å². The summed E-state index contributed by atoms with van der Waals surface area (Å²) in [5.74, 6) is 0. The van der Waals surface area contributed by atoms with Crippen molar-refractivity contribution in [2.45, 2.75) is 6.92 Å². The Morgan fingerprint density at radius 3 is 2.33 bits per heavy atom. The summed E-state index contributed by atoms with van der Waals surface area (Å²) in [7, 11) is 4.11. The van der Waals surface area contributed by atoms with Gasteiger partial charge in [0.05, 0.1) is 0 Å². The fraction of sp³-hybridized carbons (Fsp3) is 0.500. The van der Waals surface area contributed by atoms with Crippen molar-refractivity contribution in [2.24, 2.45) is 0 Å². The number of hydrogen-bond acceptors (Lipinski definition) is 1. The zero-order valence-corrected chi connectivity index (χ0v) is 6.46. The molecule has 0 aromatic carbocycles. The molecule has 0 saturated heterocycles. The Kier molecular flexibility index (Phi) is 5.23. The van der Waals surface area contributed by atoms with Crippen molar-refractivity contribution in [1.29, 1.82) is 0 Å². The van der Waals surface area contributed by atoms with Crippen molar-refractivity contribution in [3.05, 3.63) is 24.3 Å². The van der Waals surface area contributed by atoms with E-state index in [-0.39, 0.29) is 0 Å². The lowest BCUT2D eigenvalue weighted by Gasteiger charge is -2.02. The van der Waals surface area contributed by atoms with Gasteiger partial charge in [-0.1, -0.05) is 24.3 Å². The maximum Gasteiger partial charge on any atom is 0.0160 e. The van der Waals surface area contributed by atoms with Crippen LogP contribution in [-0.4, -0.2) is 25.5 Å². The third-order valence-corrected chi connectivity index (χ3v) is 0.910. The van der Waals surface area contributed by atoms with Gasteiger partial charge in [-0.2, -0.15) is 0 Å². The monoisotopic (exact) mass is 125 g/mol. The highest BCUT2D eigenvalue weighted by Gasteiger charge is 1.78. The molecule has 9 heavy (non-hydrogen) atoms. The van der Waals surface area contributed by atoms with Crippen LogP contribution < -0.4 is 0 Å². The Hall–Kier alpha value is -0.560. The second kappa shape index (κ2) is 5.57. The summed E-state index contributed by atoms with van der Waals surface area (Å²) < 4.78 is 0. The third kappa shape index (κ3) is 7.44. The van der Waals surface area contributed by atoms with Gasteiger partial charge in [0.15, 0.2) is 0 Å². The van der Waals surface area contributed by atoms with Crippen LogP contribution >= 0.6 is 0 Å². The largest absolute Gasteiger partial charge is 0.306 e. The first kappa shape index (κ1) is 8.44. The van der Waals surface area contributed by atoms with E-state index in [4.69, 9.17) is 0 Å². The average molecular weight is 125 g/mol. The lowest BCUT2D eigenvalue weighted by molar-refractivity contribution is 0.456. The van der Waals surface area contributed by atoms with Crippen molar-refractivity contribution in [3.8, 4) is 0 Å². The first-order chi connectivity index (χ1) is 4.27. The van der Waals surface area contributed by atoms with Gasteiger partial charge in [-0.05, 0) is 21.0 Å². The van der Waals surface area contributed by atoms with Crippen LogP contribution in [0.1, 0.15) is 6.92 Å². The van der Waals surface area contributed by atoms with E-state index < -0.39 is 0 Å². The summed E-state index contributed by atoms with van der Waals surface area (Å²) in [6.07, 6.45) is 8.23. The Bertz CT molecular complexity index is 101. The molecule has 0 aliphatic heterocycles. The normalized spacial score (nSPS) is 12.4. The van der Waals surface area contributed by atoms with E-state index >= 15 is 0 Å². The van der Waals surface area contributed by atoms with E-state index in [1.807, 2.05) is 19.1 Å². The molecule has 0 aromatic rings. The Morgan fingerprint density at radius 1 is 1.22 bits per heavy atom. The fourth-order valence-electron chi connectivity index (χ4n) is 0.461. The smallest absolute Gasteiger partial charge is 0.0160 e. The van der Waals surface area contributed by atoms with E-state index in [1.165, 1.54) is 0 Å². The molecule has 0 amide bonds. The summed E-state index contributed by atoms with van der Waals surface area (Å²) in [6, 6.07) is 0. The molecule has 0 aromatic heterocycles. The quantitative estimate of drug-likeness (QED) is 0.519. The molecule has 0 rings (SSSR count). The summed E-state index contributed by atoms with van der Waals surface area (Å²) in [4.78, 5) is 2.12.